The first-order valence-electron chi connectivity index (χ1n) is 8.46. The van der Waals surface area contributed by atoms with Crippen LogP contribution in [-0.2, 0) is 6.42 Å². The van der Waals surface area contributed by atoms with Crippen LogP contribution in [0.3, 0.4) is 0 Å². The highest BCUT2D eigenvalue weighted by Crippen LogP contribution is 2.28. The molecule has 5 heteroatoms. The van der Waals surface area contributed by atoms with E-state index < -0.39 is 0 Å². The van der Waals surface area contributed by atoms with Crippen molar-refractivity contribution in [3.63, 3.8) is 0 Å². The summed E-state index contributed by atoms with van der Waals surface area (Å²) in [7, 11) is 2.14. The van der Waals surface area contributed by atoms with Gasteiger partial charge in [0, 0.05) is 50.3 Å². The van der Waals surface area contributed by atoms with Gasteiger partial charge in [-0.05, 0) is 32.9 Å². The number of hydrogen-bond acceptors (Lipinski definition) is 5. The Morgan fingerprint density at radius 1 is 1.27 bits per heavy atom. The van der Waals surface area contributed by atoms with E-state index in [1.807, 2.05) is 6.92 Å². The van der Waals surface area contributed by atoms with E-state index >= 15 is 0 Å². The van der Waals surface area contributed by atoms with E-state index in [1.165, 1.54) is 0 Å². The molecule has 0 bridgehead atoms. The van der Waals surface area contributed by atoms with Gasteiger partial charge >= 0.3 is 0 Å². The largest absolute Gasteiger partial charge is 0.396 e. The molecular weight excluding hydrogens is 276 g/mol. The van der Waals surface area contributed by atoms with Gasteiger partial charge in [-0.15, -0.1) is 0 Å². The highest BCUT2D eigenvalue weighted by molar-refractivity contribution is 5.41. The number of rotatable bonds is 7. The van der Waals surface area contributed by atoms with Gasteiger partial charge in [-0.1, -0.05) is 13.8 Å². The molecule has 1 aliphatic rings. The van der Waals surface area contributed by atoms with Crippen molar-refractivity contribution < 1.29 is 5.11 Å². The molecule has 1 fully saturated rings. The van der Waals surface area contributed by atoms with Crippen LogP contribution in [0.1, 0.15) is 31.8 Å². The lowest BCUT2D eigenvalue weighted by Crippen LogP contribution is -2.31. The van der Waals surface area contributed by atoms with Crippen LogP contribution in [-0.4, -0.2) is 59.8 Å². The number of aliphatic hydroxyl groups excluding tert-OH is 1. The zero-order valence-electron chi connectivity index (χ0n) is 14.4. The van der Waals surface area contributed by atoms with Gasteiger partial charge in [-0.2, -0.15) is 0 Å². The summed E-state index contributed by atoms with van der Waals surface area (Å²) in [6.07, 6.45) is 1.99. The minimum atomic E-state index is 0.255. The summed E-state index contributed by atoms with van der Waals surface area (Å²) < 4.78 is 0. The Balaban J connectivity index is 2.12. The fourth-order valence-corrected chi connectivity index (χ4v) is 3.18. The maximum absolute atomic E-state index is 9.70. The first-order chi connectivity index (χ1) is 10.6. The third-order valence-corrected chi connectivity index (χ3v) is 4.58. The van der Waals surface area contributed by atoms with Crippen molar-refractivity contribution in [1.82, 2.24) is 14.9 Å². The van der Waals surface area contributed by atoms with Crippen LogP contribution in [0.2, 0.25) is 0 Å². The van der Waals surface area contributed by atoms with Gasteiger partial charge < -0.3 is 14.9 Å². The molecule has 0 unspecified atom stereocenters. The summed E-state index contributed by atoms with van der Waals surface area (Å²) in [5.74, 6) is 2.79. The van der Waals surface area contributed by atoms with E-state index in [-0.39, 0.29) is 6.61 Å². The lowest BCUT2D eigenvalue weighted by molar-refractivity contribution is 0.178. The Morgan fingerprint density at radius 3 is 2.64 bits per heavy atom. The van der Waals surface area contributed by atoms with E-state index in [4.69, 9.17) is 4.98 Å². The number of nitrogens with zero attached hydrogens (tertiary/aromatic N) is 4. The monoisotopic (exact) mass is 306 g/mol. The second kappa shape index (κ2) is 7.88. The van der Waals surface area contributed by atoms with E-state index in [2.05, 4.69) is 41.7 Å². The first-order valence-corrected chi connectivity index (χ1v) is 8.46. The Kier molecular flexibility index (Phi) is 6.15. The highest BCUT2D eigenvalue weighted by Gasteiger charge is 2.33. The van der Waals surface area contributed by atoms with E-state index in [1.54, 1.807) is 0 Å². The molecule has 1 saturated heterocycles. The highest BCUT2D eigenvalue weighted by atomic mass is 16.3. The molecule has 1 aliphatic heterocycles. The summed E-state index contributed by atoms with van der Waals surface area (Å²) >= 11 is 0. The molecule has 0 aliphatic carbocycles. The molecule has 124 valence electrons. The second-order valence-corrected chi connectivity index (χ2v) is 6.50. The number of aromatic nitrogens is 2. The number of hydrogen-bond donors (Lipinski definition) is 1. The van der Waals surface area contributed by atoms with Gasteiger partial charge in [0.05, 0.1) is 0 Å². The summed E-state index contributed by atoms with van der Waals surface area (Å²) in [5, 5.41) is 9.70. The third-order valence-electron chi connectivity index (χ3n) is 4.58. The van der Waals surface area contributed by atoms with Crippen LogP contribution in [0.4, 0.5) is 5.82 Å². The zero-order chi connectivity index (χ0) is 16.1. The van der Waals surface area contributed by atoms with Crippen molar-refractivity contribution >= 4 is 5.82 Å². The average molecular weight is 306 g/mol. The van der Waals surface area contributed by atoms with Gasteiger partial charge in [-0.3, -0.25) is 0 Å². The van der Waals surface area contributed by atoms with Crippen molar-refractivity contribution in [3.8, 4) is 0 Å². The van der Waals surface area contributed by atoms with Crippen LogP contribution >= 0.6 is 0 Å². The molecule has 1 N–H and O–H groups in total. The third kappa shape index (κ3) is 4.17. The lowest BCUT2D eigenvalue weighted by atomic mass is 9.96. The smallest absolute Gasteiger partial charge is 0.132 e. The van der Waals surface area contributed by atoms with Crippen molar-refractivity contribution in [2.45, 2.75) is 33.6 Å². The Morgan fingerprint density at radius 2 is 2.00 bits per heavy atom. The van der Waals surface area contributed by atoms with Gasteiger partial charge in [0.25, 0.3) is 0 Å². The maximum atomic E-state index is 9.70. The Labute approximate surface area is 134 Å². The minimum Gasteiger partial charge on any atom is -0.396 e. The van der Waals surface area contributed by atoms with E-state index in [0.717, 1.165) is 56.4 Å². The van der Waals surface area contributed by atoms with Crippen molar-refractivity contribution in [3.05, 3.63) is 17.6 Å². The SMILES string of the molecule is CCCc1nc(C)cc(N2C[C@@H](CN(C)CC)[C@@H](CO)C2)n1. The summed E-state index contributed by atoms with van der Waals surface area (Å²) in [5.41, 5.74) is 1.03. The summed E-state index contributed by atoms with van der Waals surface area (Å²) in [6.45, 7) is 10.5. The Bertz CT molecular complexity index is 480. The molecule has 1 aromatic heterocycles. The standard InChI is InChI=1S/C17H30N4O/c1-5-7-16-18-13(3)8-17(19-16)21-10-14(9-20(4)6-2)15(11-21)12-22/h8,14-15,22H,5-7,9-12H2,1-4H3/t14-,15-/m1/s1. The van der Waals surface area contributed by atoms with Crippen molar-refractivity contribution in [2.75, 3.05) is 44.7 Å². The van der Waals surface area contributed by atoms with Crippen molar-refractivity contribution in [1.29, 1.82) is 0 Å². The topological polar surface area (TPSA) is 52.5 Å². The fraction of sp³-hybridized carbons (Fsp3) is 0.765. The quantitative estimate of drug-likeness (QED) is 0.831. The molecule has 1 aromatic rings. The fourth-order valence-electron chi connectivity index (χ4n) is 3.18. The van der Waals surface area contributed by atoms with E-state index in [0.29, 0.717) is 11.8 Å². The number of aliphatic hydroxyl groups is 1. The van der Waals surface area contributed by atoms with Gasteiger partial charge in [0.1, 0.15) is 11.6 Å². The number of aryl methyl sites for hydroxylation is 2. The Hall–Kier alpha value is -1.20. The molecule has 0 spiro atoms. The van der Waals surface area contributed by atoms with Crippen LogP contribution in [0.25, 0.3) is 0 Å². The molecule has 2 heterocycles. The molecule has 5 nitrogen and oxygen atoms in total. The van der Waals surface area contributed by atoms with Gasteiger partial charge in [0.15, 0.2) is 0 Å². The van der Waals surface area contributed by atoms with Gasteiger partial charge in [0.2, 0.25) is 0 Å². The lowest BCUT2D eigenvalue weighted by Gasteiger charge is -2.22. The molecule has 0 radical (unpaired) electrons. The number of anilines is 1. The minimum absolute atomic E-state index is 0.255. The molecular formula is C17H30N4O. The van der Waals surface area contributed by atoms with Crippen LogP contribution < -0.4 is 4.90 Å². The predicted octanol–water partition coefficient (Wildman–Crippen LogP) is 1.73. The van der Waals surface area contributed by atoms with Gasteiger partial charge in [-0.25, -0.2) is 9.97 Å². The summed E-state index contributed by atoms with van der Waals surface area (Å²) in [6, 6.07) is 2.07. The first kappa shape index (κ1) is 17.2. The normalized spacial score (nSPS) is 21.8. The molecule has 0 aromatic carbocycles. The summed E-state index contributed by atoms with van der Waals surface area (Å²) in [4.78, 5) is 13.9. The van der Waals surface area contributed by atoms with E-state index in [9.17, 15) is 5.11 Å². The second-order valence-electron chi connectivity index (χ2n) is 6.50. The molecule has 0 saturated carbocycles. The van der Waals surface area contributed by atoms with Crippen LogP contribution in [0.15, 0.2) is 6.07 Å². The molecule has 22 heavy (non-hydrogen) atoms. The van der Waals surface area contributed by atoms with Crippen LogP contribution in [0.5, 0.6) is 0 Å². The average Bonchev–Trinajstić information content (AvgIpc) is 2.90. The molecule has 0 amide bonds. The predicted molar refractivity (Wildman–Crippen MR) is 90.2 cm³/mol. The zero-order valence-corrected chi connectivity index (χ0v) is 14.4. The maximum Gasteiger partial charge on any atom is 0.132 e. The molecule has 2 atom stereocenters. The van der Waals surface area contributed by atoms with Crippen LogP contribution in [0, 0.1) is 18.8 Å². The molecule has 2 rings (SSSR count). The van der Waals surface area contributed by atoms with Crippen molar-refractivity contribution in [2.24, 2.45) is 11.8 Å².